The molecule has 0 saturated carbocycles. The van der Waals surface area contributed by atoms with E-state index < -0.39 is 12.2 Å². The number of carbonyl (C=O) groups is 2. The van der Waals surface area contributed by atoms with Crippen LogP contribution in [0.25, 0.3) is 0 Å². The number of amides is 1. The van der Waals surface area contributed by atoms with Gasteiger partial charge < -0.3 is 24.6 Å². The highest BCUT2D eigenvalue weighted by Gasteiger charge is 2.07. The summed E-state index contributed by atoms with van der Waals surface area (Å²) in [5, 5.41) is 10.9. The molecule has 8 heteroatoms. The van der Waals surface area contributed by atoms with Gasteiger partial charge in [-0.05, 0) is 12.5 Å². The molecule has 0 spiro atoms. The van der Waals surface area contributed by atoms with Crippen molar-refractivity contribution in [3.05, 3.63) is 18.3 Å². The van der Waals surface area contributed by atoms with Gasteiger partial charge in [0.05, 0.1) is 0 Å². The van der Waals surface area contributed by atoms with Gasteiger partial charge >= 0.3 is 12.2 Å². The fourth-order valence-corrected chi connectivity index (χ4v) is 1.15. The number of hydrogen-bond acceptors (Lipinski definition) is 6. The second-order valence-electron chi connectivity index (χ2n) is 3.36. The van der Waals surface area contributed by atoms with Crippen molar-refractivity contribution in [2.75, 3.05) is 20.3 Å². The number of carboxylic acid groups (broad SMARTS) is 1. The third-order valence-electron chi connectivity index (χ3n) is 1.90. The van der Waals surface area contributed by atoms with Gasteiger partial charge in [-0.3, -0.25) is 0 Å². The van der Waals surface area contributed by atoms with Crippen LogP contribution in [0.1, 0.15) is 6.42 Å². The van der Waals surface area contributed by atoms with Crippen LogP contribution in [-0.2, 0) is 4.74 Å². The van der Waals surface area contributed by atoms with Crippen molar-refractivity contribution in [1.82, 2.24) is 10.3 Å². The van der Waals surface area contributed by atoms with Gasteiger partial charge in [0.2, 0.25) is 5.88 Å². The number of carbonyl (C=O) groups excluding carboxylic acids is 1. The zero-order valence-electron chi connectivity index (χ0n) is 10.3. The van der Waals surface area contributed by atoms with Gasteiger partial charge in [0.25, 0.3) is 0 Å². The first-order valence-electron chi connectivity index (χ1n) is 5.43. The number of nitrogens with one attached hydrogen (secondary N) is 1. The molecule has 19 heavy (non-hydrogen) atoms. The predicted molar refractivity (Wildman–Crippen MR) is 63.4 cm³/mol. The normalized spacial score (nSPS) is 9.74. The lowest BCUT2D eigenvalue weighted by Crippen LogP contribution is -2.28. The van der Waals surface area contributed by atoms with Crippen LogP contribution < -0.4 is 14.8 Å². The van der Waals surface area contributed by atoms with Crippen LogP contribution >= 0.6 is 0 Å². The Morgan fingerprint density at radius 3 is 2.89 bits per heavy atom. The summed E-state index contributed by atoms with van der Waals surface area (Å²) in [6.45, 7) is 0.929. The summed E-state index contributed by atoms with van der Waals surface area (Å²) < 4.78 is 14.1. The number of rotatable bonds is 6. The minimum absolute atomic E-state index is 0.0182. The highest BCUT2D eigenvalue weighted by atomic mass is 16.7. The van der Waals surface area contributed by atoms with E-state index in [1.807, 2.05) is 0 Å². The highest BCUT2D eigenvalue weighted by molar-refractivity contribution is 5.70. The monoisotopic (exact) mass is 270 g/mol. The van der Waals surface area contributed by atoms with E-state index in [0.717, 1.165) is 0 Å². The molecule has 0 aliphatic heterocycles. The molecule has 1 rings (SSSR count). The van der Waals surface area contributed by atoms with Crippen LogP contribution in [0.4, 0.5) is 9.59 Å². The Kier molecular flexibility index (Phi) is 6.10. The van der Waals surface area contributed by atoms with Crippen LogP contribution in [0.2, 0.25) is 0 Å². The third-order valence-corrected chi connectivity index (χ3v) is 1.90. The molecule has 0 aromatic carbocycles. The van der Waals surface area contributed by atoms with Crippen LogP contribution in [0, 0.1) is 0 Å². The van der Waals surface area contributed by atoms with Crippen LogP contribution in [0.3, 0.4) is 0 Å². The van der Waals surface area contributed by atoms with Crippen molar-refractivity contribution >= 4 is 12.2 Å². The lowest BCUT2D eigenvalue weighted by atomic mass is 10.4. The Morgan fingerprint density at radius 2 is 2.21 bits per heavy atom. The van der Waals surface area contributed by atoms with Gasteiger partial charge in [-0.25, -0.2) is 14.6 Å². The Bertz CT molecular complexity index is 437. The number of hydrogen-bond donors (Lipinski definition) is 2. The first-order valence-corrected chi connectivity index (χ1v) is 5.43. The molecule has 0 radical (unpaired) electrons. The van der Waals surface area contributed by atoms with E-state index in [1.54, 1.807) is 7.11 Å². The van der Waals surface area contributed by atoms with Crippen LogP contribution in [0.15, 0.2) is 18.3 Å². The molecule has 0 fully saturated rings. The average molecular weight is 270 g/mol. The summed E-state index contributed by atoms with van der Waals surface area (Å²) in [5.41, 5.74) is 0. The fraction of sp³-hybridized carbons (Fsp3) is 0.364. The smallest absolute Gasteiger partial charge is 0.449 e. The van der Waals surface area contributed by atoms with Crippen molar-refractivity contribution in [3.63, 3.8) is 0 Å². The molecule has 1 amide bonds. The van der Waals surface area contributed by atoms with Crippen LogP contribution in [0.5, 0.6) is 11.6 Å². The van der Waals surface area contributed by atoms with E-state index in [4.69, 9.17) is 14.6 Å². The second-order valence-corrected chi connectivity index (χ2v) is 3.36. The number of pyridine rings is 1. The van der Waals surface area contributed by atoms with Crippen molar-refractivity contribution in [2.45, 2.75) is 6.42 Å². The lowest BCUT2D eigenvalue weighted by molar-refractivity contribution is 0.144. The van der Waals surface area contributed by atoms with Gasteiger partial charge in [-0.2, -0.15) is 0 Å². The quantitative estimate of drug-likeness (QED) is 0.592. The first-order chi connectivity index (χ1) is 9.11. The fourth-order valence-electron chi connectivity index (χ4n) is 1.15. The average Bonchev–Trinajstić information content (AvgIpc) is 2.34. The summed E-state index contributed by atoms with van der Waals surface area (Å²) in [6, 6.07) is 2.53. The molecular weight excluding hydrogens is 256 g/mol. The molecule has 8 nitrogen and oxygen atoms in total. The SMILES string of the molecule is COCCCNC(=O)Oc1cc(OC(=O)O)ccn1. The Hall–Kier alpha value is -2.35. The lowest BCUT2D eigenvalue weighted by Gasteiger charge is -2.06. The summed E-state index contributed by atoms with van der Waals surface area (Å²) >= 11 is 0. The maximum atomic E-state index is 11.3. The zero-order chi connectivity index (χ0) is 14.1. The molecule has 0 aliphatic carbocycles. The Balaban J connectivity index is 2.43. The summed E-state index contributed by atoms with van der Waals surface area (Å²) in [7, 11) is 1.57. The van der Waals surface area contributed by atoms with E-state index in [0.29, 0.717) is 19.6 Å². The molecule has 1 aromatic heterocycles. The third kappa shape index (κ3) is 6.22. The van der Waals surface area contributed by atoms with Gasteiger partial charge in [0.1, 0.15) is 5.75 Å². The number of methoxy groups -OCH3 is 1. The van der Waals surface area contributed by atoms with E-state index in [1.165, 1.54) is 18.3 Å². The first kappa shape index (κ1) is 14.7. The van der Waals surface area contributed by atoms with E-state index >= 15 is 0 Å². The number of aromatic nitrogens is 1. The molecule has 2 N–H and O–H groups in total. The van der Waals surface area contributed by atoms with Gasteiger partial charge in [-0.15, -0.1) is 0 Å². The summed E-state index contributed by atoms with van der Waals surface area (Å²) in [6.07, 6.45) is -0.218. The van der Waals surface area contributed by atoms with Crippen LogP contribution in [-0.4, -0.2) is 42.6 Å². The minimum atomic E-state index is -1.46. The van der Waals surface area contributed by atoms with Crippen molar-refractivity contribution in [2.24, 2.45) is 0 Å². The van der Waals surface area contributed by atoms with Crippen molar-refractivity contribution in [1.29, 1.82) is 0 Å². The Labute approximate surface area is 109 Å². The van der Waals surface area contributed by atoms with E-state index in [-0.39, 0.29) is 11.6 Å². The highest BCUT2D eigenvalue weighted by Crippen LogP contribution is 2.16. The minimum Gasteiger partial charge on any atom is -0.449 e. The maximum Gasteiger partial charge on any atom is 0.511 e. The molecule has 0 atom stereocenters. The molecule has 0 bridgehead atoms. The molecule has 0 aliphatic rings. The number of ether oxygens (including phenoxy) is 3. The van der Waals surface area contributed by atoms with Crippen molar-refractivity contribution in [3.8, 4) is 11.6 Å². The molecule has 1 aromatic rings. The van der Waals surface area contributed by atoms with E-state index in [2.05, 4.69) is 15.0 Å². The summed E-state index contributed by atoms with van der Waals surface area (Å²) in [4.78, 5) is 25.4. The largest absolute Gasteiger partial charge is 0.511 e. The molecular formula is C11H14N2O6. The maximum absolute atomic E-state index is 11.3. The standard InChI is InChI=1S/C11H14N2O6/c1-17-6-2-4-13-10(14)19-9-7-8(3-5-12-9)18-11(15)16/h3,5,7H,2,4,6H2,1H3,(H,13,14)(H,15,16). The van der Waals surface area contributed by atoms with Crippen molar-refractivity contribution < 1.29 is 28.9 Å². The molecule has 1 heterocycles. The number of nitrogens with zero attached hydrogens (tertiary/aromatic N) is 1. The summed E-state index contributed by atoms with van der Waals surface area (Å²) in [5.74, 6) is -0.0346. The van der Waals surface area contributed by atoms with Gasteiger partial charge in [0.15, 0.2) is 0 Å². The topological polar surface area (TPSA) is 107 Å². The molecule has 104 valence electrons. The van der Waals surface area contributed by atoms with Gasteiger partial charge in [0, 0.05) is 32.5 Å². The predicted octanol–water partition coefficient (Wildman–Crippen LogP) is 1.26. The Morgan fingerprint density at radius 1 is 1.42 bits per heavy atom. The molecule has 0 unspecified atom stereocenters. The van der Waals surface area contributed by atoms with E-state index in [9.17, 15) is 9.59 Å². The molecule has 0 saturated heterocycles. The zero-order valence-corrected chi connectivity index (χ0v) is 10.3. The van der Waals surface area contributed by atoms with Gasteiger partial charge in [-0.1, -0.05) is 0 Å². The second kappa shape index (κ2) is 7.88.